The average molecular weight is 400 g/mol. The molecular weight excluding hydrogens is 385 g/mol. The number of nitrogens with zero attached hydrogens (tertiary/aromatic N) is 1. The Morgan fingerprint density at radius 2 is 1.84 bits per heavy atom. The fourth-order valence-corrected chi connectivity index (χ4v) is 5.18. The highest BCUT2D eigenvalue weighted by molar-refractivity contribution is 7.89. The van der Waals surface area contributed by atoms with E-state index in [1.807, 2.05) is 24.3 Å². The predicted molar refractivity (Wildman–Crippen MR) is 95.1 cm³/mol. The van der Waals surface area contributed by atoms with Gasteiger partial charge in [0.05, 0.1) is 12.1 Å². The highest BCUT2D eigenvalue weighted by Crippen LogP contribution is 2.33. The van der Waals surface area contributed by atoms with E-state index < -0.39 is 22.0 Å². The molecule has 1 aliphatic heterocycles. The molecule has 2 aromatic rings. The van der Waals surface area contributed by atoms with Gasteiger partial charge < -0.3 is 4.74 Å². The van der Waals surface area contributed by atoms with Crippen molar-refractivity contribution >= 4 is 39.2 Å². The zero-order valence-electron chi connectivity index (χ0n) is 13.3. The van der Waals surface area contributed by atoms with Crippen molar-refractivity contribution in [1.29, 1.82) is 0 Å². The van der Waals surface area contributed by atoms with Gasteiger partial charge >= 0.3 is 5.97 Å². The third-order valence-corrected chi connectivity index (χ3v) is 6.73. The summed E-state index contributed by atoms with van der Waals surface area (Å²) in [5.74, 6) is -0.615. The molecule has 1 aliphatic rings. The van der Waals surface area contributed by atoms with Gasteiger partial charge in [0.15, 0.2) is 0 Å². The number of esters is 1. The number of fused-ring (bicyclic) bond motifs is 1. The number of carbonyl (C=O) groups is 1. The summed E-state index contributed by atoms with van der Waals surface area (Å²) < 4.78 is 32.3. The molecule has 0 spiro atoms. The Hall–Kier alpha value is -1.60. The maximum absolute atomic E-state index is 13.2. The third-order valence-electron chi connectivity index (χ3n) is 4.16. The van der Waals surface area contributed by atoms with E-state index in [1.54, 1.807) is 0 Å². The van der Waals surface area contributed by atoms with Crippen molar-refractivity contribution in [2.24, 2.45) is 0 Å². The van der Waals surface area contributed by atoms with Gasteiger partial charge in [-0.2, -0.15) is 4.31 Å². The van der Waals surface area contributed by atoms with Crippen molar-refractivity contribution in [3.63, 3.8) is 0 Å². The average Bonchev–Trinajstić information content (AvgIpc) is 2.61. The maximum Gasteiger partial charge on any atom is 0.324 e. The number of rotatable bonds is 3. The van der Waals surface area contributed by atoms with E-state index in [1.165, 1.54) is 25.3 Å². The molecule has 132 valence electrons. The van der Waals surface area contributed by atoms with Crippen LogP contribution in [0.3, 0.4) is 0 Å². The number of benzene rings is 2. The van der Waals surface area contributed by atoms with Crippen LogP contribution < -0.4 is 0 Å². The molecule has 0 aromatic heterocycles. The number of halogens is 2. The number of hydrogen-bond donors (Lipinski definition) is 0. The summed E-state index contributed by atoms with van der Waals surface area (Å²) in [6.45, 7) is 0.0567. The minimum absolute atomic E-state index is 0.0480. The molecule has 5 nitrogen and oxygen atoms in total. The van der Waals surface area contributed by atoms with Gasteiger partial charge in [-0.25, -0.2) is 8.42 Å². The van der Waals surface area contributed by atoms with Crippen molar-refractivity contribution < 1.29 is 17.9 Å². The van der Waals surface area contributed by atoms with Crippen LogP contribution in [0.5, 0.6) is 0 Å². The standard InChI is InChI=1S/C17H15Cl2NO4S/c1-24-17(21)15-8-11-4-2-3-5-12(11)10-20(15)25(22,23)16-9-13(18)6-7-14(16)19/h2-7,9,15H,8,10H2,1H3/t15-/m1/s1. The van der Waals surface area contributed by atoms with Gasteiger partial charge in [-0.1, -0.05) is 47.5 Å². The van der Waals surface area contributed by atoms with Crippen LogP contribution in [0.25, 0.3) is 0 Å². The van der Waals surface area contributed by atoms with Crippen LogP contribution in [-0.4, -0.2) is 31.8 Å². The normalized spacial score (nSPS) is 17.8. The first kappa shape index (κ1) is 18.2. The Morgan fingerprint density at radius 1 is 1.16 bits per heavy atom. The minimum Gasteiger partial charge on any atom is -0.468 e. The molecule has 0 fully saturated rings. The zero-order chi connectivity index (χ0) is 18.2. The molecule has 25 heavy (non-hydrogen) atoms. The Bertz CT molecular complexity index is 930. The van der Waals surface area contributed by atoms with Gasteiger partial charge in [-0.3, -0.25) is 4.79 Å². The fraction of sp³-hybridized carbons (Fsp3) is 0.235. The van der Waals surface area contributed by atoms with Crippen LogP contribution in [0.2, 0.25) is 10.0 Å². The van der Waals surface area contributed by atoms with E-state index in [0.29, 0.717) is 0 Å². The Morgan fingerprint density at radius 3 is 2.52 bits per heavy atom. The topological polar surface area (TPSA) is 63.7 Å². The molecular formula is C17H15Cl2NO4S. The number of hydrogen-bond acceptors (Lipinski definition) is 4. The second kappa shape index (κ2) is 6.96. The lowest BCUT2D eigenvalue weighted by Crippen LogP contribution is -2.49. The van der Waals surface area contributed by atoms with Crippen molar-refractivity contribution in [3.8, 4) is 0 Å². The van der Waals surface area contributed by atoms with Gasteiger partial charge in [-0.15, -0.1) is 0 Å². The van der Waals surface area contributed by atoms with Gasteiger partial charge in [0.2, 0.25) is 10.0 Å². The van der Waals surface area contributed by atoms with Gasteiger partial charge in [0.25, 0.3) is 0 Å². The lowest BCUT2D eigenvalue weighted by Gasteiger charge is -2.34. The van der Waals surface area contributed by atoms with Crippen LogP contribution in [0, 0.1) is 0 Å². The molecule has 0 saturated heterocycles. The largest absolute Gasteiger partial charge is 0.468 e. The molecule has 0 bridgehead atoms. The Kier molecular flexibility index (Phi) is 5.06. The van der Waals surface area contributed by atoms with Crippen LogP contribution >= 0.6 is 23.2 Å². The van der Waals surface area contributed by atoms with Crippen molar-refractivity contribution in [2.75, 3.05) is 7.11 Å². The zero-order valence-corrected chi connectivity index (χ0v) is 15.6. The third kappa shape index (κ3) is 3.40. The summed E-state index contributed by atoms with van der Waals surface area (Å²) in [6, 6.07) is 10.6. The number of methoxy groups -OCH3 is 1. The van der Waals surface area contributed by atoms with Crippen LogP contribution in [-0.2, 0) is 32.5 Å². The lowest BCUT2D eigenvalue weighted by atomic mass is 9.96. The minimum atomic E-state index is -4.05. The lowest BCUT2D eigenvalue weighted by molar-refractivity contribution is -0.145. The summed E-state index contributed by atoms with van der Waals surface area (Å²) >= 11 is 12.0. The van der Waals surface area contributed by atoms with Crippen molar-refractivity contribution in [1.82, 2.24) is 4.31 Å². The van der Waals surface area contributed by atoms with E-state index in [-0.39, 0.29) is 27.9 Å². The molecule has 0 saturated carbocycles. The molecule has 8 heteroatoms. The number of sulfonamides is 1. The Balaban J connectivity index is 2.11. The van der Waals surface area contributed by atoms with E-state index in [0.717, 1.165) is 15.4 Å². The molecule has 3 rings (SSSR count). The molecule has 0 amide bonds. The molecule has 0 radical (unpaired) electrons. The molecule has 0 N–H and O–H groups in total. The van der Waals surface area contributed by atoms with E-state index in [2.05, 4.69) is 0 Å². The predicted octanol–water partition coefficient (Wildman–Crippen LogP) is 3.28. The highest BCUT2D eigenvalue weighted by atomic mass is 35.5. The molecule has 0 unspecified atom stereocenters. The highest BCUT2D eigenvalue weighted by Gasteiger charge is 2.41. The maximum atomic E-state index is 13.2. The van der Waals surface area contributed by atoms with Gasteiger partial charge in [-0.05, 0) is 29.3 Å². The van der Waals surface area contributed by atoms with Gasteiger partial charge in [0.1, 0.15) is 10.9 Å². The summed E-state index contributed by atoms with van der Waals surface area (Å²) in [7, 11) is -2.81. The number of ether oxygens (including phenoxy) is 1. The van der Waals surface area contributed by atoms with Crippen molar-refractivity contribution in [2.45, 2.75) is 23.9 Å². The van der Waals surface area contributed by atoms with Crippen molar-refractivity contribution in [3.05, 3.63) is 63.6 Å². The fourth-order valence-electron chi connectivity index (χ4n) is 2.89. The van der Waals surface area contributed by atoms with Crippen LogP contribution in [0.15, 0.2) is 47.4 Å². The van der Waals surface area contributed by atoms with E-state index in [4.69, 9.17) is 27.9 Å². The monoisotopic (exact) mass is 399 g/mol. The summed E-state index contributed by atoms with van der Waals surface area (Å²) in [4.78, 5) is 12.1. The molecule has 2 aromatic carbocycles. The SMILES string of the molecule is COC(=O)[C@H]1Cc2ccccc2CN1S(=O)(=O)c1cc(Cl)ccc1Cl. The van der Waals surface area contributed by atoms with E-state index >= 15 is 0 Å². The van der Waals surface area contributed by atoms with Gasteiger partial charge in [0, 0.05) is 18.0 Å². The first-order valence-corrected chi connectivity index (χ1v) is 9.65. The second-order valence-electron chi connectivity index (χ2n) is 5.64. The first-order valence-electron chi connectivity index (χ1n) is 7.46. The van der Waals surface area contributed by atoms with Crippen LogP contribution in [0.1, 0.15) is 11.1 Å². The molecule has 1 heterocycles. The van der Waals surface area contributed by atoms with E-state index in [9.17, 15) is 13.2 Å². The first-order chi connectivity index (χ1) is 11.8. The molecule has 0 aliphatic carbocycles. The smallest absolute Gasteiger partial charge is 0.324 e. The Labute approximate surface area is 156 Å². The summed E-state index contributed by atoms with van der Waals surface area (Å²) in [6.07, 6.45) is 0.236. The van der Waals surface area contributed by atoms with Crippen LogP contribution in [0.4, 0.5) is 0 Å². The molecule has 1 atom stereocenters. The number of carbonyl (C=O) groups excluding carboxylic acids is 1. The summed E-state index contributed by atoms with van der Waals surface area (Å²) in [5, 5.41) is 0.293. The second-order valence-corrected chi connectivity index (χ2v) is 8.34. The summed E-state index contributed by atoms with van der Waals surface area (Å²) in [5.41, 5.74) is 1.76. The quantitative estimate of drug-likeness (QED) is 0.742.